The SMILES string of the molecule is O=C(Nc1ccc(Cl)cc1F)c1cc(I)ccc1O. The van der Waals surface area contributed by atoms with Crippen LogP contribution in [0, 0.1) is 9.39 Å². The number of nitrogens with one attached hydrogen (secondary N) is 1. The minimum Gasteiger partial charge on any atom is -0.507 e. The van der Waals surface area contributed by atoms with Gasteiger partial charge in [-0.25, -0.2) is 4.39 Å². The fourth-order valence-corrected chi connectivity index (χ4v) is 2.12. The molecule has 0 saturated heterocycles. The summed E-state index contributed by atoms with van der Waals surface area (Å²) in [4.78, 5) is 12.0. The molecule has 2 aromatic rings. The summed E-state index contributed by atoms with van der Waals surface area (Å²) in [5, 5.41) is 12.2. The van der Waals surface area contributed by atoms with Crippen LogP contribution in [0.15, 0.2) is 36.4 Å². The number of amides is 1. The predicted octanol–water partition coefficient (Wildman–Crippen LogP) is 4.04. The molecule has 3 nitrogen and oxygen atoms in total. The molecule has 98 valence electrons. The first-order chi connectivity index (χ1) is 8.97. The molecule has 19 heavy (non-hydrogen) atoms. The number of anilines is 1. The number of benzene rings is 2. The highest BCUT2D eigenvalue weighted by atomic mass is 127. The van der Waals surface area contributed by atoms with Gasteiger partial charge < -0.3 is 10.4 Å². The third-order valence-electron chi connectivity index (χ3n) is 2.38. The number of hydrogen-bond donors (Lipinski definition) is 2. The first-order valence-electron chi connectivity index (χ1n) is 5.22. The Morgan fingerprint density at radius 2 is 2.00 bits per heavy atom. The normalized spacial score (nSPS) is 10.3. The van der Waals surface area contributed by atoms with E-state index >= 15 is 0 Å². The van der Waals surface area contributed by atoms with Crippen LogP contribution in [0.2, 0.25) is 5.02 Å². The van der Waals surface area contributed by atoms with Crippen LogP contribution in [0.3, 0.4) is 0 Å². The predicted molar refractivity (Wildman–Crippen MR) is 80.2 cm³/mol. The van der Waals surface area contributed by atoms with Crippen molar-refractivity contribution in [3.05, 3.63) is 56.4 Å². The molecule has 0 aliphatic rings. The number of rotatable bonds is 2. The highest BCUT2D eigenvalue weighted by Crippen LogP contribution is 2.23. The van der Waals surface area contributed by atoms with Gasteiger partial charge in [-0.1, -0.05) is 11.6 Å². The third kappa shape index (κ3) is 3.36. The second kappa shape index (κ2) is 5.75. The van der Waals surface area contributed by atoms with E-state index in [1.165, 1.54) is 24.3 Å². The minimum atomic E-state index is -0.633. The molecule has 0 spiro atoms. The first-order valence-corrected chi connectivity index (χ1v) is 6.68. The monoisotopic (exact) mass is 391 g/mol. The van der Waals surface area contributed by atoms with Gasteiger partial charge in [0, 0.05) is 8.59 Å². The van der Waals surface area contributed by atoms with Crippen molar-refractivity contribution in [1.82, 2.24) is 0 Å². The summed E-state index contributed by atoms with van der Waals surface area (Å²) >= 11 is 7.64. The Hall–Kier alpha value is -1.34. The fraction of sp³-hybridized carbons (Fsp3) is 0. The van der Waals surface area contributed by atoms with Crippen LogP contribution in [0.5, 0.6) is 5.75 Å². The average molecular weight is 392 g/mol. The van der Waals surface area contributed by atoms with Crippen molar-refractivity contribution >= 4 is 45.8 Å². The summed E-state index contributed by atoms with van der Waals surface area (Å²) in [7, 11) is 0. The lowest BCUT2D eigenvalue weighted by Crippen LogP contribution is -2.13. The zero-order chi connectivity index (χ0) is 14.0. The number of halogens is 3. The van der Waals surface area contributed by atoms with Crippen molar-refractivity contribution in [1.29, 1.82) is 0 Å². The van der Waals surface area contributed by atoms with E-state index in [1.807, 2.05) is 22.6 Å². The lowest BCUT2D eigenvalue weighted by molar-refractivity contribution is 0.102. The quantitative estimate of drug-likeness (QED) is 0.759. The fourth-order valence-electron chi connectivity index (χ4n) is 1.47. The third-order valence-corrected chi connectivity index (χ3v) is 3.29. The molecule has 0 bridgehead atoms. The Bertz CT molecular complexity index is 649. The summed E-state index contributed by atoms with van der Waals surface area (Å²) in [6.45, 7) is 0. The molecule has 0 unspecified atom stereocenters. The molecule has 0 aliphatic heterocycles. The maximum atomic E-state index is 13.5. The van der Waals surface area contributed by atoms with Gasteiger partial charge >= 0.3 is 0 Å². The highest BCUT2D eigenvalue weighted by molar-refractivity contribution is 14.1. The van der Waals surface area contributed by atoms with Gasteiger partial charge in [0.15, 0.2) is 0 Å². The second-order valence-corrected chi connectivity index (χ2v) is 5.42. The number of phenolic OH excluding ortho intramolecular Hbond substituents is 1. The molecule has 1 amide bonds. The Kier molecular flexibility index (Phi) is 4.26. The van der Waals surface area contributed by atoms with Gasteiger partial charge in [-0.3, -0.25) is 4.79 Å². The van der Waals surface area contributed by atoms with E-state index < -0.39 is 11.7 Å². The second-order valence-electron chi connectivity index (χ2n) is 3.74. The van der Waals surface area contributed by atoms with Crippen molar-refractivity contribution in [2.45, 2.75) is 0 Å². The summed E-state index contributed by atoms with van der Waals surface area (Å²) < 4.78 is 14.3. The summed E-state index contributed by atoms with van der Waals surface area (Å²) in [5.41, 5.74) is 0.0916. The molecule has 6 heteroatoms. The minimum absolute atomic E-state index is 0.00709. The van der Waals surface area contributed by atoms with Gasteiger partial charge in [-0.15, -0.1) is 0 Å². The van der Waals surface area contributed by atoms with E-state index in [1.54, 1.807) is 6.07 Å². The summed E-state index contributed by atoms with van der Waals surface area (Å²) in [6.07, 6.45) is 0. The van der Waals surface area contributed by atoms with Crippen molar-refractivity contribution in [2.24, 2.45) is 0 Å². The smallest absolute Gasteiger partial charge is 0.259 e. The first kappa shape index (κ1) is 14.1. The number of phenols is 1. The molecule has 0 fully saturated rings. The van der Waals surface area contributed by atoms with E-state index in [9.17, 15) is 14.3 Å². The molecule has 2 aromatic carbocycles. The molecular weight excluding hydrogens is 384 g/mol. The van der Waals surface area contributed by atoms with Crippen LogP contribution in [0.4, 0.5) is 10.1 Å². The zero-order valence-electron chi connectivity index (χ0n) is 9.45. The Labute approximate surface area is 127 Å². The zero-order valence-corrected chi connectivity index (χ0v) is 12.4. The van der Waals surface area contributed by atoms with Gasteiger partial charge in [0.25, 0.3) is 5.91 Å². The molecule has 2 rings (SSSR count). The van der Waals surface area contributed by atoms with Crippen LogP contribution in [-0.4, -0.2) is 11.0 Å². The summed E-state index contributed by atoms with van der Waals surface area (Å²) in [5.74, 6) is -1.38. The van der Waals surface area contributed by atoms with Gasteiger partial charge in [0.1, 0.15) is 11.6 Å². The van der Waals surface area contributed by atoms with Gasteiger partial charge in [0.05, 0.1) is 11.3 Å². The molecule has 0 atom stereocenters. The largest absolute Gasteiger partial charge is 0.507 e. The van der Waals surface area contributed by atoms with Crippen LogP contribution < -0.4 is 5.32 Å². The van der Waals surface area contributed by atoms with Crippen LogP contribution in [-0.2, 0) is 0 Å². The lowest BCUT2D eigenvalue weighted by atomic mass is 10.2. The van der Waals surface area contributed by atoms with E-state index in [2.05, 4.69) is 5.32 Å². The molecule has 0 radical (unpaired) electrons. The number of carbonyl (C=O) groups excluding carboxylic acids is 1. The molecule has 0 heterocycles. The Morgan fingerprint density at radius 1 is 1.26 bits per heavy atom. The van der Waals surface area contributed by atoms with E-state index in [0.717, 1.165) is 9.64 Å². The van der Waals surface area contributed by atoms with Crippen molar-refractivity contribution in [2.75, 3.05) is 5.32 Å². The molecular formula is C13H8ClFINO2. The van der Waals surface area contributed by atoms with Crippen LogP contribution in [0.25, 0.3) is 0 Å². The molecule has 0 aromatic heterocycles. The summed E-state index contributed by atoms with van der Waals surface area (Å²) in [6, 6.07) is 8.52. The van der Waals surface area contributed by atoms with Crippen molar-refractivity contribution < 1.29 is 14.3 Å². The van der Waals surface area contributed by atoms with Crippen LogP contribution in [0.1, 0.15) is 10.4 Å². The van der Waals surface area contributed by atoms with Crippen LogP contribution >= 0.6 is 34.2 Å². The maximum Gasteiger partial charge on any atom is 0.259 e. The Morgan fingerprint density at radius 3 is 2.68 bits per heavy atom. The van der Waals surface area contributed by atoms with Crippen molar-refractivity contribution in [3.8, 4) is 5.75 Å². The maximum absolute atomic E-state index is 13.5. The number of carbonyl (C=O) groups is 1. The van der Waals surface area contributed by atoms with E-state index in [0.29, 0.717) is 0 Å². The molecule has 0 saturated carbocycles. The van der Waals surface area contributed by atoms with E-state index in [4.69, 9.17) is 11.6 Å². The standard InChI is InChI=1S/C13H8ClFINO2/c14-7-1-3-11(10(15)5-7)17-13(19)9-6-8(16)2-4-12(9)18/h1-6,18H,(H,17,19). The number of aromatic hydroxyl groups is 1. The Balaban J connectivity index is 2.28. The van der Waals surface area contributed by atoms with Gasteiger partial charge in [0.2, 0.25) is 0 Å². The molecule has 2 N–H and O–H groups in total. The molecule has 0 aliphatic carbocycles. The van der Waals surface area contributed by atoms with E-state index in [-0.39, 0.29) is 22.0 Å². The van der Waals surface area contributed by atoms with Crippen molar-refractivity contribution in [3.63, 3.8) is 0 Å². The topological polar surface area (TPSA) is 49.3 Å². The van der Waals surface area contributed by atoms with Gasteiger partial charge in [-0.05, 0) is 59.0 Å². The van der Waals surface area contributed by atoms with Gasteiger partial charge in [-0.2, -0.15) is 0 Å². The lowest BCUT2D eigenvalue weighted by Gasteiger charge is -2.08. The number of hydrogen-bond acceptors (Lipinski definition) is 2. The average Bonchev–Trinajstić information content (AvgIpc) is 2.35. The highest BCUT2D eigenvalue weighted by Gasteiger charge is 2.13.